The number of aromatic carboxylic acids is 1. The summed E-state index contributed by atoms with van der Waals surface area (Å²) < 4.78 is 11.2. The van der Waals surface area contributed by atoms with Crippen molar-refractivity contribution >= 4 is 52.2 Å². The van der Waals surface area contributed by atoms with Gasteiger partial charge in [0.2, 0.25) is 5.91 Å². The minimum Gasteiger partial charge on any atom is -0.478 e. The van der Waals surface area contributed by atoms with Crippen molar-refractivity contribution in [1.82, 2.24) is 4.90 Å². The Labute approximate surface area is 228 Å². The Bertz CT molecular complexity index is 1470. The Kier molecular flexibility index (Phi) is 7.53. The highest BCUT2D eigenvalue weighted by Crippen LogP contribution is 2.34. The third-order valence-corrected chi connectivity index (χ3v) is 7.25. The van der Waals surface area contributed by atoms with E-state index in [-0.39, 0.29) is 10.5 Å². The number of carboxylic acids is 1. The SMILES string of the molecule is Cc1cc(C(=O)O)ccc1-c1ccc(/C=C2\SC(=O)N(CC(=O)Nc3ccc(N4CCOCC4)cc3)C2=O)o1. The average Bonchev–Trinajstić information content (AvgIpc) is 3.49. The van der Waals surface area contributed by atoms with Crippen molar-refractivity contribution in [3.63, 3.8) is 0 Å². The van der Waals surface area contributed by atoms with Crippen LogP contribution in [0, 0.1) is 6.92 Å². The van der Waals surface area contributed by atoms with E-state index in [1.165, 1.54) is 12.1 Å². The Morgan fingerprint density at radius 3 is 2.49 bits per heavy atom. The number of anilines is 2. The van der Waals surface area contributed by atoms with E-state index in [9.17, 15) is 19.2 Å². The number of nitrogens with zero attached hydrogens (tertiary/aromatic N) is 2. The van der Waals surface area contributed by atoms with Gasteiger partial charge in [-0.05, 0) is 72.8 Å². The van der Waals surface area contributed by atoms with Crippen LogP contribution in [0.15, 0.2) is 63.9 Å². The molecule has 2 aromatic carbocycles. The van der Waals surface area contributed by atoms with Crippen LogP contribution in [0.5, 0.6) is 0 Å². The number of rotatable bonds is 7. The van der Waals surface area contributed by atoms with Crippen LogP contribution in [-0.4, -0.2) is 65.9 Å². The van der Waals surface area contributed by atoms with Crippen LogP contribution in [0.3, 0.4) is 0 Å². The van der Waals surface area contributed by atoms with E-state index in [1.54, 1.807) is 43.3 Å². The molecule has 39 heavy (non-hydrogen) atoms. The average molecular weight is 548 g/mol. The molecule has 2 saturated heterocycles. The van der Waals surface area contributed by atoms with Gasteiger partial charge >= 0.3 is 5.97 Å². The zero-order chi connectivity index (χ0) is 27.5. The first-order chi connectivity index (χ1) is 18.8. The monoisotopic (exact) mass is 547 g/mol. The molecule has 0 spiro atoms. The lowest BCUT2D eigenvalue weighted by Crippen LogP contribution is -2.36. The zero-order valence-corrected chi connectivity index (χ0v) is 21.8. The van der Waals surface area contributed by atoms with E-state index in [0.717, 1.165) is 41.0 Å². The predicted octanol–water partition coefficient (Wildman–Crippen LogP) is 4.46. The molecular weight excluding hydrogens is 522 g/mol. The highest BCUT2D eigenvalue weighted by molar-refractivity contribution is 8.18. The van der Waals surface area contributed by atoms with Gasteiger partial charge in [-0.3, -0.25) is 19.3 Å². The number of amides is 3. The van der Waals surface area contributed by atoms with Crippen molar-refractivity contribution in [1.29, 1.82) is 0 Å². The predicted molar refractivity (Wildman–Crippen MR) is 147 cm³/mol. The van der Waals surface area contributed by atoms with Gasteiger partial charge in [0.15, 0.2) is 0 Å². The Balaban J connectivity index is 1.21. The van der Waals surface area contributed by atoms with Gasteiger partial charge in [-0.15, -0.1) is 0 Å². The zero-order valence-electron chi connectivity index (χ0n) is 21.0. The topological polar surface area (TPSA) is 129 Å². The van der Waals surface area contributed by atoms with E-state index < -0.39 is 29.6 Å². The lowest BCUT2D eigenvalue weighted by Gasteiger charge is -2.28. The molecule has 3 amide bonds. The third-order valence-electron chi connectivity index (χ3n) is 6.34. The molecule has 0 unspecified atom stereocenters. The second-order valence-electron chi connectivity index (χ2n) is 9.00. The summed E-state index contributed by atoms with van der Waals surface area (Å²) in [4.78, 5) is 52.4. The molecular formula is C28H25N3O7S. The minimum absolute atomic E-state index is 0.140. The molecule has 200 valence electrons. The summed E-state index contributed by atoms with van der Waals surface area (Å²) >= 11 is 0.734. The molecule has 11 heteroatoms. The number of nitrogens with one attached hydrogen (secondary N) is 1. The van der Waals surface area contributed by atoms with Crippen molar-refractivity contribution in [2.24, 2.45) is 0 Å². The number of aryl methyl sites for hydroxylation is 1. The first-order valence-corrected chi connectivity index (χ1v) is 13.0. The number of morpholine rings is 1. The van der Waals surface area contributed by atoms with Gasteiger partial charge in [-0.25, -0.2) is 4.79 Å². The summed E-state index contributed by atoms with van der Waals surface area (Å²) in [6.45, 7) is 4.32. The summed E-state index contributed by atoms with van der Waals surface area (Å²) in [5, 5.41) is 11.3. The van der Waals surface area contributed by atoms with Gasteiger partial charge in [0.05, 0.1) is 23.7 Å². The fourth-order valence-electron chi connectivity index (χ4n) is 4.34. The molecule has 0 saturated carbocycles. The maximum absolute atomic E-state index is 12.9. The molecule has 2 N–H and O–H groups in total. The van der Waals surface area contributed by atoms with Crippen LogP contribution in [0.1, 0.15) is 21.7 Å². The fourth-order valence-corrected chi connectivity index (χ4v) is 5.15. The summed E-state index contributed by atoms with van der Waals surface area (Å²) in [6, 6.07) is 15.4. The maximum atomic E-state index is 12.9. The summed E-state index contributed by atoms with van der Waals surface area (Å²) in [5.74, 6) is -1.24. The van der Waals surface area contributed by atoms with Gasteiger partial charge in [0, 0.05) is 36.1 Å². The molecule has 1 aromatic heterocycles. The fraction of sp³-hybridized carbons (Fsp3) is 0.214. The molecule has 0 radical (unpaired) electrons. The Morgan fingerprint density at radius 2 is 1.79 bits per heavy atom. The van der Waals surface area contributed by atoms with Gasteiger partial charge in [-0.2, -0.15) is 0 Å². The van der Waals surface area contributed by atoms with Gasteiger partial charge in [-0.1, -0.05) is 6.07 Å². The molecule has 0 aliphatic carbocycles. The Morgan fingerprint density at radius 1 is 1.05 bits per heavy atom. The van der Waals surface area contributed by atoms with Crippen molar-refractivity contribution in [2.75, 3.05) is 43.1 Å². The maximum Gasteiger partial charge on any atom is 0.335 e. The van der Waals surface area contributed by atoms with Crippen molar-refractivity contribution in [3.05, 3.63) is 76.4 Å². The number of carboxylic acid groups (broad SMARTS) is 1. The first-order valence-electron chi connectivity index (χ1n) is 12.2. The molecule has 10 nitrogen and oxygen atoms in total. The standard InChI is InChI=1S/C28H25N3O7S/c1-17-14-18(27(34)35)2-8-22(17)23-9-7-21(38-23)15-24-26(33)31(28(36)39-24)16-25(32)29-19-3-5-20(6-4-19)30-10-12-37-13-11-30/h2-9,14-15H,10-13,16H2,1H3,(H,29,32)(H,34,35)/b24-15-. The lowest BCUT2D eigenvalue weighted by atomic mass is 10.0. The van der Waals surface area contributed by atoms with E-state index >= 15 is 0 Å². The first kappa shape index (κ1) is 26.3. The highest BCUT2D eigenvalue weighted by atomic mass is 32.2. The quantitative estimate of drug-likeness (QED) is 0.412. The number of carbonyl (C=O) groups is 4. The van der Waals surface area contributed by atoms with Gasteiger partial charge < -0.3 is 24.5 Å². The molecule has 5 rings (SSSR count). The second-order valence-corrected chi connectivity index (χ2v) is 9.99. The van der Waals surface area contributed by atoms with E-state index in [4.69, 9.17) is 14.3 Å². The molecule has 0 atom stereocenters. The molecule has 3 aromatic rings. The molecule has 2 aliphatic heterocycles. The number of carbonyl (C=O) groups excluding carboxylic acids is 3. The van der Waals surface area contributed by atoms with E-state index in [0.29, 0.717) is 36.0 Å². The highest BCUT2D eigenvalue weighted by Gasteiger charge is 2.36. The van der Waals surface area contributed by atoms with Gasteiger partial charge in [0.1, 0.15) is 18.1 Å². The van der Waals surface area contributed by atoms with Crippen molar-refractivity contribution in [3.8, 4) is 11.3 Å². The number of imide groups is 1. The lowest BCUT2D eigenvalue weighted by molar-refractivity contribution is -0.127. The molecule has 2 aliphatic rings. The normalized spacial score (nSPS) is 16.7. The Hall–Kier alpha value is -4.35. The second kappa shape index (κ2) is 11.2. The molecule has 3 heterocycles. The minimum atomic E-state index is -1.02. The largest absolute Gasteiger partial charge is 0.478 e. The van der Waals surface area contributed by atoms with Crippen LogP contribution in [0.2, 0.25) is 0 Å². The number of hydrogen-bond donors (Lipinski definition) is 2. The van der Waals surface area contributed by atoms with Crippen molar-refractivity contribution in [2.45, 2.75) is 6.92 Å². The summed E-state index contributed by atoms with van der Waals surface area (Å²) in [7, 11) is 0. The van der Waals surface area contributed by atoms with Crippen LogP contribution in [-0.2, 0) is 14.3 Å². The van der Waals surface area contributed by atoms with Crippen molar-refractivity contribution < 1.29 is 33.4 Å². The summed E-state index contributed by atoms with van der Waals surface area (Å²) in [6.07, 6.45) is 1.46. The number of thioether (sulfide) groups is 1. The van der Waals surface area contributed by atoms with Crippen LogP contribution in [0.25, 0.3) is 17.4 Å². The number of ether oxygens (including phenoxy) is 1. The van der Waals surface area contributed by atoms with Crippen LogP contribution < -0.4 is 10.2 Å². The molecule has 2 fully saturated rings. The van der Waals surface area contributed by atoms with Crippen LogP contribution >= 0.6 is 11.8 Å². The van der Waals surface area contributed by atoms with E-state index in [1.807, 2.05) is 12.1 Å². The number of benzene rings is 2. The third kappa shape index (κ3) is 5.89. The van der Waals surface area contributed by atoms with Crippen LogP contribution in [0.4, 0.5) is 16.2 Å². The number of furan rings is 1. The van der Waals surface area contributed by atoms with Gasteiger partial charge in [0.25, 0.3) is 11.1 Å². The molecule has 0 bridgehead atoms. The van der Waals surface area contributed by atoms with E-state index in [2.05, 4.69) is 10.2 Å². The summed E-state index contributed by atoms with van der Waals surface area (Å²) in [5.41, 5.74) is 3.20. The number of hydrogen-bond acceptors (Lipinski definition) is 8. The smallest absolute Gasteiger partial charge is 0.335 e.